The molecule has 24 heavy (non-hydrogen) atoms. The number of hydrogen-bond acceptors (Lipinski definition) is 1. The first-order valence-corrected chi connectivity index (χ1v) is 7.87. The molecule has 0 bridgehead atoms. The monoisotopic (exact) mass is 319 g/mol. The van der Waals surface area contributed by atoms with Gasteiger partial charge >= 0.3 is 0 Å². The Labute approximate surface area is 141 Å². The van der Waals surface area contributed by atoms with Crippen LogP contribution in [-0.2, 0) is 4.79 Å². The molecule has 3 aromatic carbocycles. The van der Waals surface area contributed by atoms with Gasteiger partial charge in [0, 0.05) is 18.0 Å². The van der Waals surface area contributed by atoms with E-state index in [1.165, 1.54) is 12.1 Å². The van der Waals surface area contributed by atoms with Crippen LogP contribution in [0.25, 0.3) is 0 Å². The topological polar surface area (TPSA) is 29.1 Å². The van der Waals surface area contributed by atoms with Gasteiger partial charge in [0.15, 0.2) is 0 Å². The van der Waals surface area contributed by atoms with E-state index in [0.29, 0.717) is 12.1 Å². The summed E-state index contributed by atoms with van der Waals surface area (Å²) in [5.41, 5.74) is 2.79. The molecule has 3 aromatic rings. The molecule has 0 aliphatic heterocycles. The molecule has 1 N–H and O–H groups in total. The summed E-state index contributed by atoms with van der Waals surface area (Å²) in [6.45, 7) is 0. The van der Waals surface area contributed by atoms with Crippen molar-refractivity contribution in [3.05, 3.63) is 102 Å². The molecule has 0 saturated carbocycles. The molecule has 0 radical (unpaired) electrons. The van der Waals surface area contributed by atoms with Crippen molar-refractivity contribution in [1.82, 2.24) is 0 Å². The summed E-state index contributed by atoms with van der Waals surface area (Å²) in [5, 5.41) is 2.83. The van der Waals surface area contributed by atoms with Crippen LogP contribution in [0.1, 0.15) is 23.5 Å². The maximum atomic E-state index is 13.0. The number of nitrogens with one attached hydrogen (secondary N) is 1. The van der Waals surface area contributed by atoms with Crippen molar-refractivity contribution >= 4 is 11.6 Å². The van der Waals surface area contributed by atoms with Crippen LogP contribution < -0.4 is 5.32 Å². The number of halogens is 1. The number of hydrogen-bond donors (Lipinski definition) is 1. The molecule has 0 aromatic heterocycles. The zero-order valence-corrected chi connectivity index (χ0v) is 13.2. The minimum absolute atomic E-state index is 0.0205. The van der Waals surface area contributed by atoms with Crippen LogP contribution in [0.3, 0.4) is 0 Å². The minimum Gasteiger partial charge on any atom is -0.326 e. The molecule has 0 aliphatic rings. The smallest absolute Gasteiger partial charge is 0.225 e. The third kappa shape index (κ3) is 4.07. The Bertz CT molecular complexity index is 746. The molecule has 3 heteroatoms. The van der Waals surface area contributed by atoms with Crippen molar-refractivity contribution in [2.45, 2.75) is 12.3 Å². The van der Waals surface area contributed by atoms with Gasteiger partial charge in [0.05, 0.1) is 0 Å². The summed E-state index contributed by atoms with van der Waals surface area (Å²) >= 11 is 0. The van der Waals surface area contributed by atoms with Gasteiger partial charge in [-0.1, -0.05) is 60.7 Å². The van der Waals surface area contributed by atoms with Crippen molar-refractivity contribution in [2.24, 2.45) is 0 Å². The molecule has 2 nitrogen and oxygen atoms in total. The van der Waals surface area contributed by atoms with E-state index in [-0.39, 0.29) is 17.6 Å². The van der Waals surface area contributed by atoms with Gasteiger partial charge in [-0.3, -0.25) is 4.79 Å². The second kappa shape index (κ2) is 7.55. The molecule has 0 saturated heterocycles. The lowest BCUT2D eigenvalue weighted by atomic mass is 9.88. The fraction of sp³-hybridized carbons (Fsp3) is 0.0952. The van der Waals surface area contributed by atoms with Gasteiger partial charge in [0.1, 0.15) is 5.82 Å². The van der Waals surface area contributed by atoms with Gasteiger partial charge in [-0.25, -0.2) is 4.39 Å². The van der Waals surface area contributed by atoms with Crippen molar-refractivity contribution in [1.29, 1.82) is 0 Å². The van der Waals surface area contributed by atoms with Gasteiger partial charge in [0.25, 0.3) is 0 Å². The van der Waals surface area contributed by atoms with Crippen LogP contribution in [0.5, 0.6) is 0 Å². The Morgan fingerprint density at radius 3 is 1.79 bits per heavy atom. The number of benzene rings is 3. The Hall–Kier alpha value is -2.94. The number of rotatable bonds is 5. The first kappa shape index (κ1) is 15.9. The first-order chi connectivity index (χ1) is 11.7. The molecule has 3 rings (SSSR count). The van der Waals surface area contributed by atoms with Crippen molar-refractivity contribution in [3.8, 4) is 0 Å². The van der Waals surface area contributed by atoms with Crippen LogP contribution in [-0.4, -0.2) is 5.91 Å². The Morgan fingerprint density at radius 1 is 0.792 bits per heavy atom. The quantitative estimate of drug-likeness (QED) is 0.705. The lowest BCUT2D eigenvalue weighted by Crippen LogP contribution is -2.16. The van der Waals surface area contributed by atoms with Crippen LogP contribution in [0.15, 0.2) is 84.9 Å². The average molecular weight is 319 g/mol. The minimum atomic E-state index is -0.320. The number of carbonyl (C=O) groups is 1. The van der Waals surface area contributed by atoms with Gasteiger partial charge < -0.3 is 5.32 Å². The predicted octanol–water partition coefficient (Wildman–Crippen LogP) is 4.99. The number of amides is 1. The highest BCUT2D eigenvalue weighted by Gasteiger charge is 2.18. The van der Waals surface area contributed by atoms with Crippen LogP contribution in [0.2, 0.25) is 0 Å². The van der Waals surface area contributed by atoms with Crippen LogP contribution >= 0.6 is 0 Å². The van der Waals surface area contributed by atoms with Gasteiger partial charge in [0.2, 0.25) is 5.91 Å². The lowest BCUT2D eigenvalue weighted by molar-refractivity contribution is -0.116. The molecule has 0 fully saturated rings. The standard InChI is InChI=1S/C21H18FNO/c22-18-11-13-19(14-12-18)23-21(24)15-20(16-7-3-1-4-8-16)17-9-5-2-6-10-17/h1-14,20H,15H2,(H,23,24). The molecular weight excluding hydrogens is 301 g/mol. The summed E-state index contributed by atoms with van der Waals surface area (Å²) in [7, 11) is 0. The number of anilines is 1. The first-order valence-electron chi connectivity index (χ1n) is 7.87. The van der Waals surface area contributed by atoms with E-state index in [9.17, 15) is 9.18 Å². The van der Waals surface area contributed by atoms with E-state index in [1.54, 1.807) is 12.1 Å². The van der Waals surface area contributed by atoms with Crippen molar-refractivity contribution in [3.63, 3.8) is 0 Å². The highest BCUT2D eigenvalue weighted by molar-refractivity contribution is 5.91. The van der Waals surface area contributed by atoms with Crippen molar-refractivity contribution in [2.75, 3.05) is 5.32 Å². The van der Waals surface area contributed by atoms with E-state index in [2.05, 4.69) is 5.32 Å². The second-order valence-electron chi connectivity index (χ2n) is 5.63. The number of carbonyl (C=O) groups excluding carboxylic acids is 1. The lowest BCUT2D eigenvalue weighted by Gasteiger charge is -2.18. The second-order valence-corrected chi connectivity index (χ2v) is 5.63. The SMILES string of the molecule is O=C(CC(c1ccccc1)c1ccccc1)Nc1ccc(F)cc1. The fourth-order valence-corrected chi connectivity index (χ4v) is 2.73. The highest BCUT2D eigenvalue weighted by Crippen LogP contribution is 2.28. The molecule has 0 heterocycles. The summed E-state index contributed by atoms with van der Waals surface area (Å²) < 4.78 is 13.0. The predicted molar refractivity (Wildman–Crippen MR) is 94.4 cm³/mol. The highest BCUT2D eigenvalue weighted by atomic mass is 19.1. The van der Waals surface area contributed by atoms with Gasteiger partial charge in [-0.05, 0) is 35.4 Å². The van der Waals surface area contributed by atoms with Crippen molar-refractivity contribution < 1.29 is 9.18 Å². The fourth-order valence-electron chi connectivity index (χ4n) is 2.73. The van der Waals surface area contributed by atoms with Gasteiger partial charge in [-0.2, -0.15) is 0 Å². The molecular formula is C21H18FNO. The summed E-state index contributed by atoms with van der Waals surface area (Å²) in [4.78, 5) is 12.4. The molecule has 1 amide bonds. The van der Waals surface area contributed by atoms with E-state index in [4.69, 9.17) is 0 Å². The maximum absolute atomic E-state index is 13.0. The summed E-state index contributed by atoms with van der Waals surface area (Å²) in [6, 6.07) is 25.7. The Kier molecular flexibility index (Phi) is 5.02. The summed E-state index contributed by atoms with van der Waals surface area (Å²) in [5.74, 6) is -0.438. The maximum Gasteiger partial charge on any atom is 0.225 e. The zero-order valence-electron chi connectivity index (χ0n) is 13.2. The Morgan fingerprint density at radius 2 is 1.29 bits per heavy atom. The van der Waals surface area contributed by atoms with E-state index < -0.39 is 0 Å². The average Bonchev–Trinajstić information content (AvgIpc) is 2.63. The molecule has 0 aliphatic carbocycles. The molecule has 0 spiro atoms. The molecule has 0 unspecified atom stereocenters. The van der Waals surface area contributed by atoms with Gasteiger partial charge in [-0.15, -0.1) is 0 Å². The molecule has 0 atom stereocenters. The third-order valence-corrected chi connectivity index (χ3v) is 3.92. The van der Waals surface area contributed by atoms with Crippen LogP contribution in [0, 0.1) is 5.82 Å². The normalized spacial score (nSPS) is 10.6. The third-order valence-electron chi connectivity index (χ3n) is 3.92. The van der Waals surface area contributed by atoms with Crippen LogP contribution in [0.4, 0.5) is 10.1 Å². The van der Waals surface area contributed by atoms with E-state index in [0.717, 1.165) is 11.1 Å². The van der Waals surface area contributed by atoms with E-state index in [1.807, 2.05) is 60.7 Å². The Balaban J connectivity index is 1.79. The summed E-state index contributed by atoms with van der Waals surface area (Å²) in [6.07, 6.45) is 0.325. The largest absolute Gasteiger partial charge is 0.326 e. The molecule has 120 valence electrons. The van der Waals surface area contributed by atoms with E-state index >= 15 is 0 Å². The zero-order chi connectivity index (χ0) is 16.8.